The Hall–Kier alpha value is -1.62. The predicted octanol–water partition coefficient (Wildman–Crippen LogP) is 1.71. The number of halogens is 1. The molecule has 1 saturated carbocycles. The lowest BCUT2D eigenvalue weighted by Crippen LogP contribution is -2.19. The Morgan fingerprint density at radius 2 is 2.18 bits per heavy atom. The number of carboxylic acid groups (broad SMARTS) is 1. The highest BCUT2D eigenvalue weighted by atomic mass is 19.1. The highest BCUT2D eigenvalue weighted by molar-refractivity contribution is 5.88. The lowest BCUT2D eigenvalue weighted by atomic mass is 10.1. The molecule has 1 aliphatic carbocycles. The molecule has 4 nitrogen and oxygen atoms in total. The number of nitrogens with one attached hydrogen (secondary N) is 1. The number of carbonyl (C=O) groups is 1. The maximum atomic E-state index is 13.3. The zero-order valence-electron chi connectivity index (χ0n) is 9.24. The molecule has 2 rings (SSSR count). The third-order valence-electron chi connectivity index (χ3n) is 3.16. The molecule has 92 valence electrons. The summed E-state index contributed by atoms with van der Waals surface area (Å²) in [5, 5.41) is 20.8. The van der Waals surface area contributed by atoms with Gasteiger partial charge in [-0.05, 0) is 31.0 Å². The molecule has 0 radical (unpaired) electrons. The Morgan fingerprint density at radius 1 is 1.47 bits per heavy atom. The van der Waals surface area contributed by atoms with Crippen molar-refractivity contribution in [1.29, 1.82) is 0 Å². The highest BCUT2D eigenvalue weighted by Crippen LogP contribution is 2.44. The summed E-state index contributed by atoms with van der Waals surface area (Å²) in [5.41, 5.74) is 0.133. The van der Waals surface area contributed by atoms with Crippen LogP contribution in [0.3, 0.4) is 0 Å². The van der Waals surface area contributed by atoms with E-state index in [1.54, 1.807) is 0 Å². The lowest BCUT2D eigenvalue weighted by molar-refractivity contribution is 0.0692. The number of rotatable bonds is 5. The minimum Gasteiger partial charge on any atom is -0.478 e. The average molecular weight is 239 g/mol. The van der Waals surface area contributed by atoms with Gasteiger partial charge in [0.2, 0.25) is 0 Å². The van der Waals surface area contributed by atoms with E-state index in [9.17, 15) is 9.18 Å². The molecule has 1 fully saturated rings. The van der Waals surface area contributed by atoms with Gasteiger partial charge in [-0.1, -0.05) is 0 Å². The number of benzene rings is 1. The van der Waals surface area contributed by atoms with Crippen molar-refractivity contribution in [2.75, 3.05) is 18.5 Å². The molecule has 0 atom stereocenters. The van der Waals surface area contributed by atoms with Crippen molar-refractivity contribution in [2.45, 2.75) is 12.8 Å². The Kier molecular flexibility index (Phi) is 3.02. The van der Waals surface area contributed by atoms with E-state index in [1.807, 2.05) is 0 Å². The van der Waals surface area contributed by atoms with Crippen molar-refractivity contribution >= 4 is 11.7 Å². The van der Waals surface area contributed by atoms with Gasteiger partial charge in [-0.25, -0.2) is 9.18 Å². The Balaban J connectivity index is 2.03. The van der Waals surface area contributed by atoms with Gasteiger partial charge in [-0.2, -0.15) is 0 Å². The van der Waals surface area contributed by atoms with Crippen molar-refractivity contribution < 1.29 is 19.4 Å². The van der Waals surface area contributed by atoms with Crippen LogP contribution in [-0.2, 0) is 0 Å². The number of anilines is 1. The van der Waals surface area contributed by atoms with Crippen LogP contribution >= 0.6 is 0 Å². The van der Waals surface area contributed by atoms with Crippen LogP contribution in [0.15, 0.2) is 18.2 Å². The van der Waals surface area contributed by atoms with Crippen LogP contribution in [0.5, 0.6) is 0 Å². The van der Waals surface area contributed by atoms with Crippen LogP contribution < -0.4 is 5.32 Å². The van der Waals surface area contributed by atoms with Crippen LogP contribution in [0.25, 0.3) is 0 Å². The van der Waals surface area contributed by atoms with E-state index >= 15 is 0 Å². The molecule has 1 aliphatic rings. The molecule has 0 aromatic heterocycles. The summed E-state index contributed by atoms with van der Waals surface area (Å²) in [6, 6.07) is 3.93. The molecule has 0 unspecified atom stereocenters. The van der Waals surface area contributed by atoms with Gasteiger partial charge in [0.25, 0.3) is 0 Å². The fraction of sp³-hybridized carbons (Fsp3) is 0.417. The smallest absolute Gasteiger partial charge is 0.338 e. The van der Waals surface area contributed by atoms with Gasteiger partial charge in [0, 0.05) is 17.6 Å². The largest absolute Gasteiger partial charge is 0.478 e. The second-order valence-corrected chi connectivity index (χ2v) is 4.51. The summed E-state index contributed by atoms with van der Waals surface area (Å²) < 4.78 is 13.3. The van der Waals surface area contributed by atoms with Gasteiger partial charge >= 0.3 is 5.97 Å². The van der Waals surface area contributed by atoms with E-state index in [0.717, 1.165) is 18.9 Å². The monoisotopic (exact) mass is 239 g/mol. The third-order valence-corrected chi connectivity index (χ3v) is 3.16. The molecule has 3 N–H and O–H groups in total. The zero-order chi connectivity index (χ0) is 12.5. The van der Waals surface area contributed by atoms with E-state index in [-0.39, 0.29) is 17.6 Å². The predicted molar refractivity (Wildman–Crippen MR) is 60.6 cm³/mol. The first kappa shape index (κ1) is 11.9. The fourth-order valence-corrected chi connectivity index (χ4v) is 1.66. The minimum atomic E-state index is -1.27. The Morgan fingerprint density at radius 3 is 2.65 bits per heavy atom. The van der Waals surface area contributed by atoms with Crippen molar-refractivity contribution in [3.8, 4) is 0 Å². The van der Waals surface area contributed by atoms with Gasteiger partial charge < -0.3 is 15.5 Å². The minimum absolute atomic E-state index is 0.0675. The quantitative estimate of drug-likeness (QED) is 0.731. The summed E-state index contributed by atoms with van der Waals surface area (Å²) in [4.78, 5) is 10.6. The fourth-order valence-electron chi connectivity index (χ4n) is 1.66. The first-order valence-electron chi connectivity index (χ1n) is 5.44. The maximum absolute atomic E-state index is 13.3. The third kappa shape index (κ3) is 2.55. The van der Waals surface area contributed by atoms with Crippen molar-refractivity contribution in [2.24, 2.45) is 5.41 Å². The lowest BCUT2D eigenvalue weighted by Gasteiger charge is -2.14. The molecule has 5 heteroatoms. The number of hydrogen-bond acceptors (Lipinski definition) is 3. The molecule has 0 bridgehead atoms. The summed E-state index contributed by atoms with van der Waals surface area (Å²) in [6.07, 6.45) is 1.93. The van der Waals surface area contributed by atoms with Crippen molar-refractivity contribution in [3.63, 3.8) is 0 Å². The second kappa shape index (κ2) is 4.33. The van der Waals surface area contributed by atoms with Crippen LogP contribution in [0.1, 0.15) is 23.2 Å². The van der Waals surface area contributed by atoms with Crippen LogP contribution in [0.2, 0.25) is 0 Å². The molecule has 0 aliphatic heterocycles. The normalized spacial score (nSPS) is 16.6. The second-order valence-electron chi connectivity index (χ2n) is 4.51. The van der Waals surface area contributed by atoms with E-state index < -0.39 is 11.8 Å². The molecule has 0 heterocycles. The van der Waals surface area contributed by atoms with E-state index in [4.69, 9.17) is 10.2 Å². The zero-order valence-corrected chi connectivity index (χ0v) is 9.24. The molecule has 1 aromatic rings. The van der Waals surface area contributed by atoms with Crippen molar-refractivity contribution in [3.05, 3.63) is 29.6 Å². The number of aromatic carboxylic acids is 1. The van der Waals surface area contributed by atoms with Crippen LogP contribution in [0, 0.1) is 11.2 Å². The molecule has 0 spiro atoms. The molecular weight excluding hydrogens is 225 g/mol. The van der Waals surface area contributed by atoms with Gasteiger partial charge in [0.1, 0.15) is 5.82 Å². The average Bonchev–Trinajstić information content (AvgIpc) is 3.07. The summed E-state index contributed by atoms with van der Waals surface area (Å²) in [7, 11) is 0. The van der Waals surface area contributed by atoms with Crippen LogP contribution in [-0.4, -0.2) is 29.3 Å². The standard InChI is InChI=1S/C12H14FNO3/c13-10-5-8(1-2-9(10)11(16)17)14-6-12(7-15)3-4-12/h1-2,5,14-15H,3-4,6-7H2,(H,16,17). The van der Waals surface area contributed by atoms with E-state index in [1.165, 1.54) is 12.1 Å². The van der Waals surface area contributed by atoms with E-state index in [2.05, 4.69) is 5.32 Å². The maximum Gasteiger partial charge on any atom is 0.338 e. The van der Waals surface area contributed by atoms with Gasteiger partial charge in [-0.15, -0.1) is 0 Å². The molecule has 1 aromatic carbocycles. The van der Waals surface area contributed by atoms with Gasteiger partial charge in [-0.3, -0.25) is 0 Å². The van der Waals surface area contributed by atoms with Gasteiger partial charge in [0.05, 0.1) is 12.2 Å². The molecule has 0 amide bonds. The first-order chi connectivity index (χ1) is 8.06. The molecule has 17 heavy (non-hydrogen) atoms. The summed E-state index contributed by atoms with van der Waals surface area (Å²) in [5.74, 6) is -2.03. The first-order valence-corrected chi connectivity index (χ1v) is 5.44. The number of aliphatic hydroxyl groups is 1. The number of aliphatic hydroxyl groups excluding tert-OH is 1. The number of hydrogen-bond donors (Lipinski definition) is 3. The Labute approximate surface area is 98.1 Å². The highest BCUT2D eigenvalue weighted by Gasteiger charge is 2.41. The topological polar surface area (TPSA) is 69.6 Å². The number of carboxylic acids is 1. The molecular formula is C12H14FNO3. The summed E-state index contributed by atoms with van der Waals surface area (Å²) in [6.45, 7) is 0.699. The van der Waals surface area contributed by atoms with Crippen molar-refractivity contribution in [1.82, 2.24) is 0 Å². The van der Waals surface area contributed by atoms with E-state index in [0.29, 0.717) is 12.2 Å². The van der Waals surface area contributed by atoms with Gasteiger partial charge in [0.15, 0.2) is 0 Å². The SMILES string of the molecule is O=C(O)c1ccc(NCC2(CO)CC2)cc1F. The summed E-state index contributed by atoms with van der Waals surface area (Å²) >= 11 is 0. The Bertz CT molecular complexity index is 443. The molecule has 0 saturated heterocycles. The van der Waals surface area contributed by atoms with Crippen LogP contribution in [0.4, 0.5) is 10.1 Å².